The van der Waals surface area contributed by atoms with Gasteiger partial charge >= 0.3 is 0 Å². The van der Waals surface area contributed by atoms with Crippen molar-refractivity contribution in [2.45, 2.75) is 13.0 Å². The highest BCUT2D eigenvalue weighted by atomic mass is 32.1. The van der Waals surface area contributed by atoms with Crippen LogP contribution >= 0.6 is 12.2 Å². The van der Waals surface area contributed by atoms with Gasteiger partial charge in [0.1, 0.15) is 23.0 Å². The van der Waals surface area contributed by atoms with Gasteiger partial charge in [0.25, 0.3) is 0 Å². The molecule has 0 aromatic heterocycles. The van der Waals surface area contributed by atoms with Gasteiger partial charge in [-0.3, -0.25) is 4.99 Å². The van der Waals surface area contributed by atoms with Crippen LogP contribution in [0.4, 0.5) is 0 Å². The van der Waals surface area contributed by atoms with Crippen molar-refractivity contribution < 1.29 is 0 Å². The lowest BCUT2D eigenvalue weighted by molar-refractivity contribution is 1.08. The van der Waals surface area contributed by atoms with Gasteiger partial charge in [-0.1, -0.05) is 12.2 Å². The molecule has 2 aliphatic heterocycles. The number of rotatable bonds is 0. The average Bonchev–Trinajstić information content (AvgIpc) is 2.34. The molecule has 1 N–H and O–H groups in total. The van der Waals surface area contributed by atoms with Gasteiger partial charge in [-0.2, -0.15) is 0 Å². The lowest BCUT2D eigenvalue weighted by Crippen LogP contribution is -2.43. The molecule has 0 aliphatic carbocycles. The number of fused-ring (bicyclic) bond motifs is 1. The third-order valence-corrected chi connectivity index (χ3v) is 1.81. The molecular formula is C6H6N4S. The molecule has 0 saturated heterocycles. The van der Waals surface area contributed by atoms with E-state index in [2.05, 4.69) is 20.3 Å². The number of nitrogens with one attached hydrogen (secondary N) is 1. The molecule has 1 atom stereocenters. The lowest BCUT2D eigenvalue weighted by Gasteiger charge is -2.16. The zero-order valence-corrected chi connectivity index (χ0v) is 6.72. The molecule has 0 spiro atoms. The second kappa shape index (κ2) is 2.20. The van der Waals surface area contributed by atoms with E-state index in [1.807, 2.05) is 6.92 Å². The van der Waals surface area contributed by atoms with Gasteiger partial charge in [0.15, 0.2) is 6.04 Å². The monoisotopic (exact) mass is 166 g/mol. The van der Waals surface area contributed by atoms with Gasteiger partial charge in [0.2, 0.25) is 0 Å². The molecule has 56 valence electrons. The molecule has 2 rings (SSSR count). The number of thiocarbonyl (C=S) groups is 1. The summed E-state index contributed by atoms with van der Waals surface area (Å²) in [5, 5.41) is 3.00. The zero-order valence-electron chi connectivity index (χ0n) is 5.90. The van der Waals surface area contributed by atoms with E-state index in [9.17, 15) is 0 Å². The van der Waals surface area contributed by atoms with Crippen LogP contribution in [0.5, 0.6) is 0 Å². The molecule has 2 aliphatic rings. The minimum absolute atomic E-state index is 0.131. The van der Waals surface area contributed by atoms with Crippen molar-refractivity contribution >= 4 is 35.2 Å². The van der Waals surface area contributed by atoms with Crippen LogP contribution in [0.25, 0.3) is 0 Å². The molecule has 1 unspecified atom stereocenters. The highest BCUT2D eigenvalue weighted by Crippen LogP contribution is 2.08. The van der Waals surface area contributed by atoms with E-state index < -0.39 is 0 Å². The predicted molar refractivity (Wildman–Crippen MR) is 48.6 cm³/mol. The molecule has 0 amide bonds. The van der Waals surface area contributed by atoms with Crippen LogP contribution in [0.2, 0.25) is 0 Å². The Morgan fingerprint density at radius 3 is 3.27 bits per heavy atom. The fourth-order valence-corrected chi connectivity index (χ4v) is 1.33. The normalized spacial score (nSPS) is 27.4. The summed E-state index contributed by atoms with van der Waals surface area (Å²) >= 11 is 5.00. The fourth-order valence-electron chi connectivity index (χ4n) is 1.02. The lowest BCUT2D eigenvalue weighted by atomic mass is 10.2. The summed E-state index contributed by atoms with van der Waals surface area (Å²) in [5.41, 5.74) is 0. The van der Waals surface area contributed by atoms with Crippen LogP contribution in [-0.4, -0.2) is 29.0 Å². The van der Waals surface area contributed by atoms with Crippen LogP contribution in [0, 0.1) is 0 Å². The first-order valence-corrected chi connectivity index (χ1v) is 3.64. The quantitative estimate of drug-likeness (QED) is 0.520. The topological polar surface area (TPSA) is 49.1 Å². The Kier molecular flexibility index (Phi) is 1.32. The van der Waals surface area contributed by atoms with Crippen LogP contribution in [-0.2, 0) is 0 Å². The Labute approximate surface area is 69.1 Å². The van der Waals surface area contributed by atoms with Gasteiger partial charge < -0.3 is 5.32 Å². The van der Waals surface area contributed by atoms with Crippen molar-refractivity contribution in [2.75, 3.05) is 0 Å². The second-order valence-corrected chi connectivity index (χ2v) is 2.76. The maximum absolute atomic E-state index is 5.00. The van der Waals surface area contributed by atoms with Gasteiger partial charge in [0.05, 0.1) is 0 Å². The van der Waals surface area contributed by atoms with Crippen LogP contribution < -0.4 is 5.32 Å². The van der Waals surface area contributed by atoms with E-state index >= 15 is 0 Å². The third kappa shape index (κ3) is 0.970. The fraction of sp³-hybridized carbons (Fsp3) is 0.333. The van der Waals surface area contributed by atoms with Gasteiger partial charge in [0, 0.05) is 0 Å². The Morgan fingerprint density at radius 1 is 1.64 bits per heavy atom. The number of nitrogens with zero attached hydrogens (tertiary/aromatic N) is 3. The summed E-state index contributed by atoms with van der Waals surface area (Å²) in [6.07, 6.45) is 1.51. The van der Waals surface area contributed by atoms with E-state index in [0.29, 0.717) is 4.99 Å². The first kappa shape index (κ1) is 6.60. The van der Waals surface area contributed by atoms with Crippen molar-refractivity contribution in [3.05, 3.63) is 0 Å². The Morgan fingerprint density at radius 2 is 2.45 bits per heavy atom. The molecule has 11 heavy (non-hydrogen) atoms. The van der Waals surface area contributed by atoms with Crippen molar-refractivity contribution in [2.24, 2.45) is 15.0 Å². The summed E-state index contributed by atoms with van der Waals surface area (Å²) in [7, 11) is 0. The van der Waals surface area contributed by atoms with Crippen molar-refractivity contribution in [3.63, 3.8) is 0 Å². The first-order chi connectivity index (χ1) is 5.27. The zero-order chi connectivity index (χ0) is 7.84. The number of hydrogen-bond donors (Lipinski definition) is 1. The van der Waals surface area contributed by atoms with E-state index in [0.717, 1.165) is 11.7 Å². The molecule has 0 fully saturated rings. The highest BCUT2D eigenvalue weighted by molar-refractivity contribution is 7.80. The molecule has 4 nitrogen and oxygen atoms in total. The largest absolute Gasteiger partial charge is 0.330 e. The summed E-state index contributed by atoms with van der Waals surface area (Å²) in [4.78, 5) is 12.7. The molecule has 0 aromatic rings. The van der Waals surface area contributed by atoms with Gasteiger partial charge in [-0.25, -0.2) is 9.98 Å². The Hall–Kier alpha value is -1.10. The van der Waals surface area contributed by atoms with Gasteiger partial charge in [-0.05, 0) is 6.92 Å². The Bertz CT molecular complexity index is 302. The smallest absolute Gasteiger partial charge is 0.162 e. The maximum atomic E-state index is 5.00. The summed E-state index contributed by atoms with van der Waals surface area (Å²) in [5.74, 6) is 1.58. The van der Waals surface area contributed by atoms with Gasteiger partial charge in [-0.15, -0.1) is 0 Å². The second-order valence-electron chi connectivity index (χ2n) is 2.34. The van der Waals surface area contributed by atoms with E-state index in [-0.39, 0.29) is 6.04 Å². The Balaban J connectivity index is 2.39. The highest BCUT2D eigenvalue weighted by Gasteiger charge is 2.26. The number of amidine groups is 2. The summed E-state index contributed by atoms with van der Waals surface area (Å²) in [6.45, 7) is 1.85. The van der Waals surface area contributed by atoms with E-state index in [4.69, 9.17) is 12.2 Å². The summed E-state index contributed by atoms with van der Waals surface area (Å²) in [6, 6.07) is -0.131. The molecule has 0 saturated carbocycles. The molecule has 0 aromatic carbocycles. The predicted octanol–water partition coefficient (Wildman–Crippen LogP) is 0.144. The molecule has 5 heteroatoms. The minimum atomic E-state index is -0.131. The standard InChI is InChI=1S/C6H6N4S/c1-3-9-5-4(6(11)10-3)7-2-8-5/h2,4H,1H3,(H,7,8,9,10,11). The molecule has 0 bridgehead atoms. The minimum Gasteiger partial charge on any atom is -0.330 e. The van der Waals surface area contributed by atoms with Crippen LogP contribution in [0.15, 0.2) is 15.0 Å². The van der Waals surface area contributed by atoms with Crippen molar-refractivity contribution in [1.29, 1.82) is 0 Å². The molecule has 2 heterocycles. The molecular weight excluding hydrogens is 160 g/mol. The SMILES string of the molecule is CC1=NC(=S)C2N=CN=C2N1. The van der Waals surface area contributed by atoms with Crippen molar-refractivity contribution in [1.82, 2.24) is 5.32 Å². The average molecular weight is 166 g/mol. The van der Waals surface area contributed by atoms with Crippen LogP contribution in [0.1, 0.15) is 6.92 Å². The maximum Gasteiger partial charge on any atom is 0.162 e. The summed E-state index contributed by atoms with van der Waals surface area (Å²) < 4.78 is 0. The third-order valence-electron chi connectivity index (χ3n) is 1.49. The molecule has 0 radical (unpaired) electrons. The first-order valence-electron chi connectivity index (χ1n) is 3.23. The van der Waals surface area contributed by atoms with E-state index in [1.165, 1.54) is 6.34 Å². The number of hydrogen-bond acceptors (Lipinski definition) is 4. The van der Waals surface area contributed by atoms with E-state index in [1.54, 1.807) is 0 Å². The number of aliphatic imine (C=N–C) groups is 3. The van der Waals surface area contributed by atoms with Crippen LogP contribution in [0.3, 0.4) is 0 Å². The van der Waals surface area contributed by atoms with Crippen molar-refractivity contribution in [3.8, 4) is 0 Å².